The average Bonchev–Trinajstić information content (AvgIpc) is 2.72. The van der Waals surface area contributed by atoms with Crippen LogP contribution in [-0.2, 0) is 5.41 Å². The molecule has 6 heteroatoms. The Morgan fingerprint density at radius 1 is 1.59 bits per heavy atom. The van der Waals surface area contributed by atoms with Crippen LogP contribution in [0.25, 0.3) is 0 Å². The Bertz CT molecular complexity index is 415. The summed E-state index contributed by atoms with van der Waals surface area (Å²) < 4.78 is 3.49. The molecule has 2 atom stereocenters. The van der Waals surface area contributed by atoms with Gasteiger partial charge in [-0.15, -0.1) is 4.37 Å². The molecule has 0 bridgehead atoms. The van der Waals surface area contributed by atoms with E-state index in [1.165, 1.54) is 11.5 Å². The van der Waals surface area contributed by atoms with E-state index in [1.54, 1.807) is 0 Å². The molecule has 0 aromatic carbocycles. The lowest BCUT2D eigenvalue weighted by Crippen LogP contribution is -2.48. The molecule has 1 N–H and O–H groups in total. The molecule has 2 heterocycles. The standard InChI is InChI=1S/C11H19N3O2S/c1-11(2,3)8-5-9(12-17-8)14(16)7-13(4)6-10(14)15/h5,10,15H,6-7H2,1-4H3. The first-order chi connectivity index (χ1) is 7.73. The summed E-state index contributed by atoms with van der Waals surface area (Å²) in [6, 6.07) is 1.83. The minimum Gasteiger partial charge on any atom is -0.623 e. The van der Waals surface area contributed by atoms with Crippen molar-refractivity contribution in [2.45, 2.75) is 32.4 Å². The minimum atomic E-state index is -0.935. The van der Waals surface area contributed by atoms with Gasteiger partial charge in [-0.2, -0.15) is 0 Å². The number of β-amino-alcohol motifs (C(OH)–C–C–N with tert-alkyl or cyclic N) is 1. The number of rotatable bonds is 1. The highest BCUT2D eigenvalue weighted by Crippen LogP contribution is 2.35. The molecule has 0 spiro atoms. The third-order valence-electron chi connectivity index (χ3n) is 3.03. The highest BCUT2D eigenvalue weighted by atomic mass is 32.1. The fourth-order valence-corrected chi connectivity index (χ4v) is 2.76. The van der Waals surface area contributed by atoms with E-state index < -0.39 is 10.9 Å². The Kier molecular flexibility index (Phi) is 3.04. The maximum atomic E-state index is 12.6. The molecular weight excluding hydrogens is 238 g/mol. The molecule has 1 aliphatic heterocycles. The van der Waals surface area contributed by atoms with Crippen molar-refractivity contribution in [1.82, 2.24) is 13.9 Å². The van der Waals surface area contributed by atoms with Gasteiger partial charge in [-0.25, -0.2) is 0 Å². The summed E-state index contributed by atoms with van der Waals surface area (Å²) in [5, 5.41) is 22.4. The number of nitrogens with zero attached hydrogens (tertiary/aromatic N) is 3. The van der Waals surface area contributed by atoms with E-state index in [1.807, 2.05) is 18.0 Å². The van der Waals surface area contributed by atoms with Gasteiger partial charge in [0.25, 0.3) is 0 Å². The van der Waals surface area contributed by atoms with Crippen molar-refractivity contribution in [3.05, 3.63) is 16.2 Å². The molecule has 0 saturated carbocycles. The number of aromatic nitrogens is 1. The van der Waals surface area contributed by atoms with E-state index in [-0.39, 0.29) is 12.1 Å². The number of hydrogen-bond donors (Lipinski definition) is 1. The lowest BCUT2D eigenvalue weighted by Gasteiger charge is -2.37. The smallest absolute Gasteiger partial charge is 0.242 e. The van der Waals surface area contributed by atoms with Crippen molar-refractivity contribution in [3.63, 3.8) is 0 Å². The monoisotopic (exact) mass is 257 g/mol. The summed E-state index contributed by atoms with van der Waals surface area (Å²) in [7, 11) is 1.83. The number of aliphatic hydroxyl groups excluding tert-OH is 1. The van der Waals surface area contributed by atoms with Crippen molar-refractivity contribution in [2.24, 2.45) is 0 Å². The van der Waals surface area contributed by atoms with Crippen LogP contribution >= 0.6 is 11.5 Å². The van der Waals surface area contributed by atoms with Gasteiger partial charge in [0, 0.05) is 10.9 Å². The van der Waals surface area contributed by atoms with Crippen LogP contribution in [0.4, 0.5) is 5.82 Å². The van der Waals surface area contributed by atoms with E-state index in [0.717, 1.165) is 4.88 Å². The maximum absolute atomic E-state index is 12.6. The van der Waals surface area contributed by atoms with Gasteiger partial charge < -0.3 is 10.3 Å². The second-order valence-corrected chi connectivity index (χ2v) is 6.56. The van der Waals surface area contributed by atoms with Gasteiger partial charge in [0.1, 0.15) is 6.67 Å². The van der Waals surface area contributed by atoms with Crippen LogP contribution < -0.4 is 4.65 Å². The fourth-order valence-electron chi connectivity index (χ4n) is 1.94. The molecule has 1 aliphatic rings. The molecule has 1 fully saturated rings. The van der Waals surface area contributed by atoms with Crippen LogP contribution in [0.3, 0.4) is 0 Å². The SMILES string of the molecule is CN1CC(O)[N+]([O-])(c2cc(C(C)(C)C)sn2)C1. The zero-order valence-corrected chi connectivity index (χ0v) is 11.5. The first kappa shape index (κ1) is 12.9. The molecule has 0 radical (unpaired) electrons. The van der Waals surface area contributed by atoms with Crippen molar-refractivity contribution in [2.75, 3.05) is 20.3 Å². The molecule has 5 nitrogen and oxygen atoms in total. The molecule has 0 amide bonds. The van der Waals surface area contributed by atoms with Crippen LogP contribution in [0.5, 0.6) is 0 Å². The lowest BCUT2D eigenvalue weighted by molar-refractivity contribution is 0.0832. The van der Waals surface area contributed by atoms with Gasteiger partial charge in [-0.05, 0) is 24.0 Å². The van der Waals surface area contributed by atoms with E-state index in [0.29, 0.717) is 12.4 Å². The van der Waals surface area contributed by atoms with E-state index in [9.17, 15) is 10.3 Å². The summed E-state index contributed by atoms with van der Waals surface area (Å²) >= 11 is 1.35. The predicted octanol–water partition coefficient (Wildman–Crippen LogP) is 1.47. The number of hydrogen-bond acceptors (Lipinski definition) is 5. The Balaban J connectivity index is 2.32. The maximum Gasteiger partial charge on any atom is 0.242 e. The van der Waals surface area contributed by atoms with Gasteiger partial charge in [-0.1, -0.05) is 20.8 Å². The predicted molar refractivity (Wildman–Crippen MR) is 69.5 cm³/mol. The molecule has 96 valence electrons. The second-order valence-electron chi connectivity index (χ2n) is 5.76. The number of hydroxylamine groups is 2. The third-order valence-corrected chi connectivity index (χ3v) is 4.24. The molecule has 1 aromatic rings. The van der Waals surface area contributed by atoms with Crippen molar-refractivity contribution in [1.29, 1.82) is 0 Å². The summed E-state index contributed by atoms with van der Waals surface area (Å²) in [6.45, 7) is 6.92. The zero-order valence-electron chi connectivity index (χ0n) is 10.7. The Hall–Kier alpha value is -0.530. The highest BCUT2D eigenvalue weighted by molar-refractivity contribution is 7.06. The van der Waals surface area contributed by atoms with Crippen molar-refractivity contribution in [3.8, 4) is 0 Å². The highest BCUT2D eigenvalue weighted by Gasteiger charge is 2.40. The summed E-state index contributed by atoms with van der Waals surface area (Å²) in [6.07, 6.45) is -0.935. The molecule has 2 rings (SSSR count). The van der Waals surface area contributed by atoms with Crippen molar-refractivity contribution < 1.29 is 5.11 Å². The normalized spacial score (nSPS) is 31.1. The molecule has 0 aliphatic carbocycles. The van der Waals surface area contributed by atoms with E-state index in [4.69, 9.17) is 0 Å². The minimum absolute atomic E-state index is 0.00828. The molecule has 1 aromatic heterocycles. The number of aliphatic hydroxyl groups is 1. The van der Waals surface area contributed by atoms with Gasteiger partial charge >= 0.3 is 0 Å². The largest absolute Gasteiger partial charge is 0.623 e. The topological polar surface area (TPSA) is 59.4 Å². The average molecular weight is 257 g/mol. The third kappa shape index (κ3) is 2.23. The number of likely N-dealkylation sites (N-methyl/N-ethyl adjacent to an activating group) is 1. The molecule has 1 saturated heterocycles. The Morgan fingerprint density at radius 3 is 2.65 bits per heavy atom. The Labute approximate surface area is 106 Å². The van der Waals surface area contributed by atoms with Gasteiger partial charge in [0.2, 0.25) is 12.0 Å². The summed E-state index contributed by atoms with van der Waals surface area (Å²) in [5.74, 6) is 0.428. The lowest BCUT2D eigenvalue weighted by atomic mass is 9.95. The van der Waals surface area contributed by atoms with Crippen molar-refractivity contribution >= 4 is 17.4 Å². The van der Waals surface area contributed by atoms with Crippen LogP contribution in [0, 0.1) is 5.21 Å². The zero-order chi connectivity index (χ0) is 12.8. The van der Waals surface area contributed by atoms with Crippen LogP contribution in [0.2, 0.25) is 0 Å². The first-order valence-corrected chi connectivity index (χ1v) is 6.44. The first-order valence-electron chi connectivity index (χ1n) is 5.66. The van der Waals surface area contributed by atoms with Crippen LogP contribution in [-0.4, -0.2) is 40.9 Å². The fraction of sp³-hybridized carbons (Fsp3) is 0.727. The van der Waals surface area contributed by atoms with Gasteiger partial charge in [0.05, 0.1) is 6.54 Å². The second kappa shape index (κ2) is 4.00. The molecule has 17 heavy (non-hydrogen) atoms. The summed E-state index contributed by atoms with van der Waals surface area (Å²) in [5.41, 5.74) is -0.00828. The van der Waals surface area contributed by atoms with Gasteiger partial charge in [-0.3, -0.25) is 9.55 Å². The Morgan fingerprint density at radius 2 is 2.24 bits per heavy atom. The van der Waals surface area contributed by atoms with Gasteiger partial charge in [0.15, 0.2) is 0 Å². The molecule has 2 unspecified atom stereocenters. The molecular formula is C11H19N3O2S. The quantitative estimate of drug-likeness (QED) is 0.611. The van der Waals surface area contributed by atoms with Crippen LogP contribution in [0.1, 0.15) is 25.6 Å². The van der Waals surface area contributed by atoms with E-state index in [2.05, 4.69) is 25.1 Å². The summed E-state index contributed by atoms with van der Waals surface area (Å²) in [4.78, 5) is 2.90. The number of quaternary nitrogens is 1. The van der Waals surface area contributed by atoms with Crippen LogP contribution in [0.15, 0.2) is 6.07 Å². The van der Waals surface area contributed by atoms with E-state index >= 15 is 0 Å².